The van der Waals surface area contributed by atoms with Gasteiger partial charge in [0.1, 0.15) is 0 Å². The van der Waals surface area contributed by atoms with Crippen molar-refractivity contribution in [2.45, 2.75) is 190 Å². The van der Waals surface area contributed by atoms with Crippen molar-refractivity contribution in [3.05, 3.63) is 55.8 Å². The smallest absolute Gasteiger partial charge is 0.672 e. The molecule has 6 rings (SSSR count). The Balaban J connectivity index is 0.000000216. The Hall–Kier alpha value is -2.26. The number of carbonyl (C=O) groups is 4. The first-order valence-corrected chi connectivity index (χ1v) is 19.2. The van der Waals surface area contributed by atoms with E-state index in [0.29, 0.717) is 5.70 Å². The van der Waals surface area contributed by atoms with E-state index >= 15 is 0 Å². The third-order valence-corrected chi connectivity index (χ3v) is 10.7. The van der Waals surface area contributed by atoms with E-state index in [1.807, 2.05) is 0 Å². The molecule has 0 aromatic heterocycles. The topological polar surface area (TPSA) is 153 Å². The molecule has 11 heteroatoms. The van der Waals surface area contributed by atoms with Crippen LogP contribution in [0.5, 0.6) is 0 Å². The number of carbonyl (C=O) groups excluding carboxylic acids is 4. The molecule has 3 atom stereocenters. The maximum Gasteiger partial charge on any atom is 4.00 e. The van der Waals surface area contributed by atoms with Gasteiger partial charge in [-0.2, -0.15) is 0 Å². The van der Waals surface area contributed by atoms with Crippen LogP contribution in [0.4, 0.5) is 0 Å². The summed E-state index contributed by atoms with van der Waals surface area (Å²) in [5.41, 5.74) is 0.292. The molecule has 0 bridgehead atoms. The fourth-order valence-electron chi connectivity index (χ4n) is 7.86. The van der Waals surface area contributed by atoms with Crippen LogP contribution in [-0.4, -0.2) is 65.9 Å². The van der Waals surface area contributed by atoms with E-state index in [9.17, 15) is 19.2 Å². The van der Waals surface area contributed by atoms with Gasteiger partial charge in [0.15, 0.2) is 0 Å². The molecular weight excluding hydrogens is 706 g/mol. The molecule has 4 amide bonds. The van der Waals surface area contributed by atoms with Gasteiger partial charge in [0, 0.05) is 17.7 Å². The zero-order valence-electron chi connectivity index (χ0n) is 29.2. The average molecular weight is 762 g/mol. The van der Waals surface area contributed by atoms with E-state index in [-0.39, 0.29) is 67.3 Å². The van der Waals surface area contributed by atoms with Gasteiger partial charge in [0.2, 0.25) is 0 Å². The molecule has 0 radical (unpaired) electrons. The zero-order valence-corrected chi connectivity index (χ0v) is 30.9. The number of hydrogen-bond donors (Lipinski definition) is 0. The minimum atomic E-state index is -0.655. The van der Waals surface area contributed by atoms with Gasteiger partial charge < -0.3 is 51.1 Å². The Labute approximate surface area is 307 Å². The van der Waals surface area contributed by atoms with E-state index in [4.69, 9.17) is 0 Å². The molecule has 2 heterocycles. The molecule has 0 N–H and O–H groups in total. The Kier molecular flexibility index (Phi) is 17.1. The molecule has 49 heavy (non-hydrogen) atoms. The van der Waals surface area contributed by atoms with E-state index in [0.717, 1.165) is 96.3 Å². The van der Waals surface area contributed by atoms with Crippen molar-refractivity contribution in [3.63, 3.8) is 0 Å². The van der Waals surface area contributed by atoms with Gasteiger partial charge in [0.25, 0.3) is 0 Å². The Morgan fingerprint density at radius 3 is 1.31 bits per heavy atom. The fourth-order valence-corrected chi connectivity index (χ4v) is 7.86. The standard InChI is InChI=1S/C19H32N3O2.C19H28N3O2.Ru/c2*23-18(20-14-8-3-1-4-9-14)16-12-7-13-17(22-16)19(24)21-15-10-5-2-6-11-15;/h14-17H,1-13H2,(H2,20,21,23,24);7,12-16H,1-6,8-11H2,(H2,20,21,23,24);/q2*-1;+4/p-4. The van der Waals surface area contributed by atoms with Crippen LogP contribution in [-0.2, 0) is 38.7 Å². The number of nitrogens with zero attached hydrogens (tertiary/aromatic N) is 6. The Morgan fingerprint density at radius 1 is 0.490 bits per heavy atom. The van der Waals surface area contributed by atoms with E-state index in [1.165, 1.54) is 51.4 Å². The Bertz CT molecular complexity index is 1090. The summed E-state index contributed by atoms with van der Waals surface area (Å²) < 4.78 is 0. The largest absolute Gasteiger partial charge is 4.00 e. The van der Waals surface area contributed by atoms with E-state index in [2.05, 4.69) is 31.9 Å². The van der Waals surface area contributed by atoms with Crippen LogP contribution >= 0.6 is 0 Å². The quantitative estimate of drug-likeness (QED) is 0.226. The molecule has 0 aromatic carbocycles. The van der Waals surface area contributed by atoms with Crippen LogP contribution in [0.2, 0.25) is 0 Å². The summed E-state index contributed by atoms with van der Waals surface area (Å²) in [7, 11) is 0. The monoisotopic (exact) mass is 762 g/mol. The number of piperidine rings is 1. The van der Waals surface area contributed by atoms with Crippen LogP contribution in [0.3, 0.4) is 0 Å². The van der Waals surface area contributed by atoms with Gasteiger partial charge in [-0.3, -0.25) is 0 Å². The predicted octanol–water partition coefficient (Wildman–Crippen LogP) is 9.39. The second-order valence-corrected chi connectivity index (χ2v) is 14.6. The number of hydrogen-bond acceptors (Lipinski definition) is 4. The first-order valence-electron chi connectivity index (χ1n) is 19.2. The van der Waals surface area contributed by atoms with Gasteiger partial charge >= 0.3 is 19.5 Å². The minimum Gasteiger partial charge on any atom is -0.672 e. The van der Waals surface area contributed by atoms with Crippen molar-refractivity contribution in [2.75, 3.05) is 0 Å². The molecule has 3 unspecified atom stereocenters. The van der Waals surface area contributed by atoms with Gasteiger partial charge in [-0.1, -0.05) is 184 Å². The fraction of sp³-hybridized carbons (Fsp3) is 0.789. The van der Waals surface area contributed by atoms with Crippen molar-refractivity contribution in [2.24, 2.45) is 0 Å². The molecule has 10 nitrogen and oxygen atoms in total. The summed E-state index contributed by atoms with van der Waals surface area (Å²) in [5, 5.41) is 26.2. The minimum absolute atomic E-state index is 0. The van der Waals surface area contributed by atoms with Crippen LogP contribution in [0.15, 0.2) is 23.9 Å². The van der Waals surface area contributed by atoms with E-state index in [1.54, 1.807) is 18.2 Å². The van der Waals surface area contributed by atoms with Gasteiger partial charge in [-0.15, -0.1) is 29.9 Å². The number of allylic oxidation sites excluding steroid dienone is 2. The van der Waals surface area contributed by atoms with Gasteiger partial charge in [-0.05, 0) is 0 Å². The maximum atomic E-state index is 12.4. The van der Waals surface area contributed by atoms with Crippen molar-refractivity contribution in [1.29, 1.82) is 0 Å². The van der Waals surface area contributed by atoms with Crippen molar-refractivity contribution >= 4 is 23.6 Å². The first kappa shape index (κ1) is 39.5. The zero-order chi connectivity index (χ0) is 33.6. The molecule has 6 aliphatic rings. The predicted molar refractivity (Wildman–Crippen MR) is 190 cm³/mol. The van der Waals surface area contributed by atoms with Crippen LogP contribution in [0.1, 0.15) is 148 Å². The molecule has 0 spiro atoms. The van der Waals surface area contributed by atoms with Gasteiger partial charge in [0.05, 0.1) is 5.91 Å². The molecular formula is C38H56N6O4Ru-2. The van der Waals surface area contributed by atoms with Crippen molar-refractivity contribution in [1.82, 2.24) is 0 Å². The average Bonchev–Trinajstić information content (AvgIpc) is 3.13. The second-order valence-electron chi connectivity index (χ2n) is 14.6. The summed E-state index contributed by atoms with van der Waals surface area (Å²) in [4.78, 5) is 49.5. The summed E-state index contributed by atoms with van der Waals surface area (Å²) in [6.45, 7) is 0. The van der Waals surface area contributed by atoms with Gasteiger partial charge in [-0.25, -0.2) is 0 Å². The molecule has 1 saturated heterocycles. The summed E-state index contributed by atoms with van der Waals surface area (Å²) >= 11 is 0. The van der Waals surface area contributed by atoms with Crippen LogP contribution in [0.25, 0.3) is 31.9 Å². The first-order chi connectivity index (χ1) is 23.4. The molecule has 0 aromatic rings. The SMILES string of the molecule is O=C([N-]C1CCCCC1)C1=CC=CC(C(=O)[N-]C2CCCCC2)[N-]1.O=C([N-]C1CCCCC1)C1CCCC(C(=O)[N-]C2CCCCC2)[N-]1.[Ru+4]. The second kappa shape index (κ2) is 21.2. The molecule has 2 aliphatic heterocycles. The third kappa shape index (κ3) is 13.1. The van der Waals surface area contributed by atoms with Crippen LogP contribution in [0, 0.1) is 0 Å². The molecule has 272 valence electrons. The molecule has 4 saturated carbocycles. The maximum absolute atomic E-state index is 12.4. The summed E-state index contributed by atoms with van der Waals surface area (Å²) in [6, 6.07) is -0.847. The summed E-state index contributed by atoms with van der Waals surface area (Å²) in [6.07, 6.45) is 29.7. The number of amides is 4. The Morgan fingerprint density at radius 2 is 0.878 bits per heavy atom. The third-order valence-electron chi connectivity index (χ3n) is 10.7. The van der Waals surface area contributed by atoms with E-state index < -0.39 is 18.1 Å². The normalized spacial score (nSPS) is 27.1. The van der Waals surface area contributed by atoms with Crippen molar-refractivity contribution in [3.8, 4) is 0 Å². The van der Waals surface area contributed by atoms with Crippen LogP contribution < -0.4 is 0 Å². The summed E-state index contributed by atoms with van der Waals surface area (Å²) in [5.74, 6) is -0.718. The molecule has 5 fully saturated rings. The molecule has 4 aliphatic carbocycles. The van der Waals surface area contributed by atoms with Crippen molar-refractivity contribution < 1.29 is 38.7 Å². The number of rotatable bonds is 8.